The first-order valence-electron chi connectivity index (χ1n) is 7.83. The number of ether oxygens (including phenoxy) is 3. The van der Waals surface area contributed by atoms with Gasteiger partial charge in [0.05, 0.1) is 19.6 Å². The number of H-pyrrole nitrogens is 1. The molecular formula is C18H18N2O5S. The quantitative estimate of drug-likeness (QED) is 0.691. The van der Waals surface area contributed by atoms with Gasteiger partial charge < -0.3 is 19.2 Å². The van der Waals surface area contributed by atoms with E-state index in [1.54, 1.807) is 18.2 Å². The molecule has 0 radical (unpaired) electrons. The summed E-state index contributed by atoms with van der Waals surface area (Å²) in [4.78, 5) is 33.5. The molecule has 8 heteroatoms. The fraction of sp³-hybridized carbons (Fsp3) is 0.278. The lowest BCUT2D eigenvalue weighted by Crippen LogP contribution is -2.15. The number of nitrogens with one attached hydrogen (secondary N) is 1. The van der Waals surface area contributed by atoms with E-state index in [4.69, 9.17) is 14.2 Å². The lowest BCUT2D eigenvalue weighted by molar-refractivity contribution is 0.0455. The van der Waals surface area contributed by atoms with Crippen molar-refractivity contribution in [2.75, 3.05) is 14.2 Å². The summed E-state index contributed by atoms with van der Waals surface area (Å²) in [6.45, 7) is 3.66. The summed E-state index contributed by atoms with van der Waals surface area (Å²) in [6.07, 6.45) is 0. The number of nitrogens with zero attached hydrogens (tertiary/aromatic N) is 1. The molecule has 1 aromatic carbocycles. The summed E-state index contributed by atoms with van der Waals surface area (Å²) < 4.78 is 15.7. The molecule has 26 heavy (non-hydrogen) atoms. The van der Waals surface area contributed by atoms with E-state index in [1.807, 2.05) is 13.8 Å². The van der Waals surface area contributed by atoms with Gasteiger partial charge in [0, 0.05) is 4.88 Å². The maximum Gasteiger partial charge on any atom is 0.346 e. The van der Waals surface area contributed by atoms with Crippen molar-refractivity contribution in [3.8, 4) is 11.5 Å². The summed E-state index contributed by atoms with van der Waals surface area (Å²) in [6, 6.07) is 4.99. The Hall–Kier alpha value is -2.87. The molecule has 0 spiro atoms. The van der Waals surface area contributed by atoms with Gasteiger partial charge in [-0.15, -0.1) is 11.3 Å². The van der Waals surface area contributed by atoms with Crippen LogP contribution in [0.5, 0.6) is 11.5 Å². The molecule has 0 fully saturated rings. The number of aryl methyl sites for hydroxylation is 2. The van der Waals surface area contributed by atoms with Gasteiger partial charge in [0.2, 0.25) is 0 Å². The molecule has 2 aromatic heterocycles. The van der Waals surface area contributed by atoms with Crippen molar-refractivity contribution in [3.63, 3.8) is 0 Å². The summed E-state index contributed by atoms with van der Waals surface area (Å²) >= 11 is 1.44. The van der Waals surface area contributed by atoms with Gasteiger partial charge in [-0.1, -0.05) is 6.07 Å². The highest BCUT2D eigenvalue weighted by Crippen LogP contribution is 2.29. The number of fused-ring (bicyclic) bond motifs is 1. The van der Waals surface area contributed by atoms with E-state index in [0.717, 1.165) is 10.4 Å². The molecule has 2 heterocycles. The summed E-state index contributed by atoms with van der Waals surface area (Å²) in [7, 11) is 2.92. The topological polar surface area (TPSA) is 90.5 Å². The second-order valence-electron chi connectivity index (χ2n) is 5.59. The lowest BCUT2D eigenvalue weighted by atomic mass is 10.2. The van der Waals surface area contributed by atoms with Crippen LogP contribution in [0.2, 0.25) is 0 Å². The average Bonchev–Trinajstić information content (AvgIpc) is 2.93. The summed E-state index contributed by atoms with van der Waals surface area (Å²) in [5.41, 5.74) is 0.863. The molecule has 0 saturated carbocycles. The number of methoxy groups -OCH3 is 2. The van der Waals surface area contributed by atoms with Gasteiger partial charge in [-0.2, -0.15) is 0 Å². The summed E-state index contributed by atoms with van der Waals surface area (Å²) in [5.74, 6) is 0.345. The largest absolute Gasteiger partial charge is 0.496 e. The first kappa shape index (κ1) is 17.9. The molecule has 0 aliphatic heterocycles. The Labute approximate surface area is 153 Å². The Kier molecular flexibility index (Phi) is 4.94. The van der Waals surface area contributed by atoms with E-state index in [9.17, 15) is 9.59 Å². The fourth-order valence-corrected chi connectivity index (χ4v) is 3.67. The first-order chi connectivity index (χ1) is 12.5. The van der Waals surface area contributed by atoms with E-state index in [1.165, 1.54) is 25.6 Å². The van der Waals surface area contributed by atoms with Gasteiger partial charge >= 0.3 is 5.97 Å². The van der Waals surface area contributed by atoms with Gasteiger partial charge in [-0.25, -0.2) is 9.78 Å². The highest BCUT2D eigenvalue weighted by molar-refractivity contribution is 7.18. The Bertz CT molecular complexity index is 1020. The normalized spacial score (nSPS) is 10.8. The zero-order valence-electron chi connectivity index (χ0n) is 14.8. The van der Waals surface area contributed by atoms with Gasteiger partial charge in [0.15, 0.2) is 0 Å². The molecule has 0 aliphatic rings. The Morgan fingerprint density at radius 1 is 1.19 bits per heavy atom. The molecular weight excluding hydrogens is 356 g/mol. The maximum absolute atomic E-state index is 12.5. The second kappa shape index (κ2) is 7.17. The predicted molar refractivity (Wildman–Crippen MR) is 98.4 cm³/mol. The van der Waals surface area contributed by atoms with Crippen molar-refractivity contribution in [3.05, 3.63) is 50.4 Å². The fourth-order valence-electron chi connectivity index (χ4n) is 2.63. The lowest BCUT2D eigenvalue weighted by Gasteiger charge is -2.12. The number of carbonyl (C=O) groups excluding carboxylic acids is 1. The third-order valence-electron chi connectivity index (χ3n) is 4.06. The average molecular weight is 374 g/mol. The minimum atomic E-state index is -0.624. The molecule has 0 amide bonds. The van der Waals surface area contributed by atoms with Gasteiger partial charge in [0.1, 0.15) is 34.3 Å². The minimum Gasteiger partial charge on any atom is -0.496 e. The number of aromatic amines is 1. The Balaban J connectivity index is 1.87. The molecule has 0 aliphatic carbocycles. The standard InChI is InChI=1S/C18H18N2O5S/c1-9-10(2)26-17-14(9)16(21)19-13(20-17)8-25-18(22)15-11(23-3)6-5-7-12(15)24-4/h5-7H,8H2,1-4H3,(H,19,20,21). The molecule has 7 nitrogen and oxygen atoms in total. The van der Waals surface area contributed by atoms with Crippen LogP contribution in [0.25, 0.3) is 10.2 Å². The van der Waals surface area contributed by atoms with E-state index >= 15 is 0 Å². The Morgan fingerprint density at radius 3 is 2.46 bits per heavy atom. The number of thiophene rings is 1. The van der Waals surface area contributed by atoms with E-state index in [-0.39, 0.29) is 23.6 Å². The SMILES string of the molecule is COc1cccc(OC)c1C(=O)OCc1nc2sc(C)c(C)c2c(=O)[nH]1. The maximum atomic E-state index is 12.5. The van der Waals surface area contributed by atoms with Crippen LogP contribution in [0.3, 0.4) is 0 Å². The Morgan fingerprint density at radius 2 is 1.85 bits per heavy atom. The van der Waals surface area contributed by atoms with Gasteiger partial charge in [-0.05, 0) is 31.5 Å². The highest BCUT2D eigenvalue weighted by Gasteiger charge is 2.20. The van der Waals surface area contributed by atoms with Crippen LogP contribution in [0.4, 0.5) is 0 Å². The number of benzene rings is 1. The minimum absolute atomic E-state index is 0.165. The number of rotatable bonds is 5. The molecule has 136 valence electrons. The molecule has 0 bridgehead atoms. The third kappa shape index (κ3) is 3.15. The number of esters is 1. The molecule has 0 saturated heterocycles. The van der Waals surface area contributed by atoms with Crippen molar-refractivity contribution in [2.45, 2.75) is 20.5 Å². The van der Waals surface area contributed by atoms with Crippen LogP contribution >= 0.6 is 11.3 Å². The zero-order chi connectivity index (χ0) is 18.8. The van der Waals surface area contributed by atoms with E-state index < -0.39 is 5.97 Å². The number of hydrogen-bond donors (Lipinski definition) is 1. The van der Waals surface area contributed by atoms with Crippen LogP contribution in [0, 0.1) is 13.8 Å². The molecule has 0 unspecified atom stereocenters. The zero-order valence-corrected chi connectivity index (χ0v) is 15.7. The second-order valence-corrected chi connectivity index (χ2v) is 6.79. The van der Waals surface area contributed by atoms with Crippen molar-refractivity contribution >= 4 is 27.5 Å². The van der Waals surface area contributed by atoms with Crippen LogP contribution < -0.4 is 15.0 Å². The summed E-state index contributed by atoms with van der Waals surface area (Å²) in [5, 5.41) is 0.578. The first-order valence-corrected chi connectivity index (χ1v) is 8.65. The number of aromatic nitrogens is 2. The monoisotopic (exact) mass is 374 g/mol. The molecule has 3 aromatic rings. The third-order valence-corrected chi connectivity index (χ3v) is 5.16. The van der Waals surface area contributed by atoms with Crippen LogP contribution in [-0.4, -0.2) is 30.2 Å². The van der Waals surface area contributed by atoms with Crippen molar-refractivity contribution < 1.29 is 19.0 Å². The van der Waals surface area contributed by atoms with Gasteiger partial charge in [0.25, 0.3) is 5.56 Å². The van der Waals surface area contributed by atoms with Crippen LogP contribution in [0.15, 0.2) is 23.0 Å². The van der Waals surface area contributed by atoms with Crippen molar-refractivity contribution in [2.24, 2.45) is 0 Å². The number of hydrogen-bond acceptors (Lipinski definition) is 7. The smallest absolute Gasteiger partial charge is 0.346 e. The number of carbonyl (C=O) groups is 1. The van der Waals surface area contributed by atoms with E-state index in [0.29, 0.717) is 21.7 Å². The van der Waals surface area contributed by atoms with E-state index in [2.05, 4.69) is 9.97 Å². The highest BCUT2D eigenvalue weighted by atomic mass is 32.1. The van der Waals surface area contributed by atoms with Crippen LogP contribution in [0.1, 0.15) is 26.6 Å². The van der Waals surface area contributed by atoms with Crippen LogP contribution in [-0.2, 0) is 11.3 Å². The van der Waals surface area contributed by atoms with Crippen molar-refractivity contribution in [1.82, 2.24) is 9.97 Å². The van der Waals surface area contributed by atoms with Gasteiger partial charge in [-0.3, -0.25) is 4.79 Å². The predicted octanol–water partition coefficient (Wildman–Crippen LogP) is 2.98. The molecule has 0 atom stereocenters. The molecule has 1 N–H and O–H groups in total. The molecule has 3 rings (SSSR count). The van der Waals surface area contributed by atoms with Crippen molar-refractivity contribution in [1.29, 1.82) is 0 Å².